The minimum absolute atomic E-state index is 0.328. The highest BCUT2D eigenvalue weighted by Crippen LogP contribution is 2.24. The predicted molar refractivity (Wildman–Crippen MR) is 83.3 cm³/mol. The third kappa shape index (κ3) is 4.95. The van der Waals surface area contributed by atoms with Crippen molar-refractivity contribution in [1.82, 2.24) is 10.3 Å². The van der Waals surface area contributed by atoms with Gasteiger partial charge in [0, 0.05) is 18.8 Å². The third-order valence-corrected chi connectivity index (χ3v) is 3.96. The summed E-state index contributed by atoms with van der Waals surface area (Å²) in [5.41, 5.74) is 1.06. The van der Waals surface area contributed by atoms with Crippen LogP contribution in [-0.2, 0) is 6.54 Å². The quantitative estimate of drug-likeness (QED) is 0.854. The van der Waals surface area contributed by atoms with Crippen LogP contribution in [0.5, 0.6) is 5.88 Å². The van der Waals surface area contributed by atoms with Crippen molar-refractivity contribution in [3.8, 4) is 5.88 Å². The van der Waals surface area contributed by atoms with Crippen LogP contribution in [0.25, 0.3) is 0 Å². The number of ether oxygens (including phenoxy) is 1. The van der Waals surface area contributed by atoms with Gasteiger partial charge < -0.3 is 10.1 Å². The molecule has 0 aliphatic heterocycles. The molecule has 0 spiro atoms. The molecule has 1 aliphatic rings. The Kier molecular flexibility index (Phi) is 6.11. The lowest BCUT2D eigenvalue weighted by Gasteiger charge is -2.22. The summed E-state index contributed by atoms with van der Waals surface area (Å²) >= 11 is 6.20. The lowest BCUT2D eigenvalue weighted by molar-refractivity contribution is 0.148. The lowest BCUT2D eigenvalue weighted by Crippen LogP contribution is -2.21. The molecular formula is C16H25ClN2O. The van der Waals surface area contributed by atoms with Crippen molar-refractivity contribution in [3.63, 3.8) is 0 Å². The summed E-state index contributed by atoms with van der Waals surface area (Å²) in [5.74, 6) is 1.34. The summed E-state index contributed by atoms with van der Waals surface area (Å²) in [6.45, 7) is 6.13. The average molecular weight is 297 g/mol. The molecule has 1 aliphatic carbocycles. The Morgan fingerprint density at radius 3 is 2.80 bits per heavy atom. The molecule has 0 radical (unpaired) electrons. The highest BCUT2D eigenvalue weighted by Gasteiger charge is 2.16. The summed E-state index contributed by atoms with van der Waals surface area (Å²) in [6, 6.07) is 1.98. The normalized spacial score (nSPS) is 16.6. The van der Waals surface area contributed by atoms with E-state index in [1.165, 1.54) is 19.3 Å². The van der Waals surface area contributed by atoms with Crippen LogP contribution in [0.15, 0.2) is 12.3 Å². The Morgan fingerprint density at radius 2 is 2.10 bits per heavy atom. The summed E-state index contributed by atoms with van der Waals surface area (Å²) in [5, 5.41) is 4.11. The minimum atomic E-state index is 0.328. The number of hydrogen-bond donors (Lipinski definition) is 1. The monoisotopic (exact) mass is 296 g/mol. The molecule has 1 heterocycles. The fourth-order valence-electron chi connectivity index (χ4n) is 2.51. The molecule has 4 heteroatoms. The summed E-state index contributed by atoms with van der Waals surface area (Å²) in [6.07, 6.45) is 8.18. The van der Waals surface area contributed by atoms with Gasteiger partial charge >= 0.3 is 0 Å². The smallest absolute Gasteiger partial charge is 0.213 e. The number of pyridine rings is 1. The minimum Gasteiger partial charge on any atom is -0.474 e. The highest BCUT2D eigenvalue weighted by molar-refractivity contribution is 6.31. The maximum atomic E-state index is 6.20. The number of hydrogen-bond acceptors (Lipinski definition) is 3. The van der Waals surface area contributed by atoms with Gasteiger partial charge in [-0.25, -0.2) is 4.98 Å². The van der Waals surface area contributed by atoms with Gasteiger partial charge in [0.2, 0.25) is 5.88 Å². The lowest BCUT2D eigenvalue weighted by atomic mass is 9.98. The Hall–Kier alpha value is -0.800. The zero-order valence-electron chi connectivity index (χ0n) is 12.5. The van der Waals surface area contributed by atoms with Gasteiger partial charge in [0.15, 0.2) is 0 Å². The molecule has 0 saturated heterocycles. The molecule has 0 aromatic carbocycles. The van der Waals surface area contributed by atoms with Crippen LogP contribution in [-0.4, -0.2) is 17.6 Å². The first-order valence-electron chi connectivity index (χ1n) is 7.67. The molecule has 1 N–H and O–H groups in total. The van der Waals surface area contributed by atoms with Crippen molar-refractivity contribution in [1.29, 1.82) is 0 Å². The molecule has 0 unspecified atom stereocenters. The molecule has 0 bridgehead atoms. The first-order valence-corrected chi connectivity index (χ1v) is 8.04. The predicted octanol–water partition coefficient (Wildman–Crippen LogP) is 4.19. The summed E-state index contributed by atoms with van der Waals surface area (Å²) < 4.78 is 5.98. The maximum absolute atomic E-state index is 6.20. The number of aromatic nitrogens is 1. The molecular weight excluding hydrogens is 272 g/mol. The fourth-order valence-corrected chi connectivity index (χ4v) is 2.68. The van der Waals surface area contributed by atoms with Crippen LogP contribution < -0.4 is 10.1 Å². The topological polar surface area (TPSA) is 34.1 Å². The number of halogens is 1. The second-order valence-corrected chi connectivity index (χ2v) is 6.42. The Labute approximate surface area is 127 Å². The second-order valence-electron chi connectivity index (χ2n) is 6.02. The van der Waals surface area contributed by atoms with E-state index in [1.54, 1.807) is 6.20 Å². The molecule has 1 aromatic rings. The maximum Gasteiger partial charge on any atom is 0.213 e. The van der Waals surface area contributed by atoms with E-state index in [1.807, 2.05) is 6.07 Å². The van der Waals surface area contributed by atoms with Gasteiger partial charge in [-0.05, 0) is 43.7 Å². The van der Waals surface area contributed by atoms with Crippen LogP contribution in [0, 0.1) is 5.92 Å². The molecule has 1 saturated carbocycles. The van der Waals surface area contributed by atoms with Crippen LogP contribution in [0.4, 0.5) is 0 Å². The van der Waals surface area contributed by atoms with Gasteiger partial charge in [0.05, 0.1) is 5.02 Å². The molecule has 20 heavy (non-hydrogen) atoms. The third-order valence-electron chi connectivity index (χ3n) is 3.62. The van der Waals surface area contributed by atoms with Crippen molar-refractivity contribution in [2.24, 2.45) is 5.92 Å². The van der Waals surface area contributed by atoms with Crippen molar-refractivity contribution in [2.45, 2.75) is 58.6 Å². The zero-order chi connectivity index (χ0) is 14.4. The second kappa shape index (κ2) is 7.84. The first kappa shape index (κ1) is 15.6. The van der Waals surface area contributed by atoms with E-state index in [2.05, 4.69) is 24.1 Å². The molecule has 3 nitrogen and oxygen atoms in total. The van der Waals surface area contributed by atoms with E-state index in [9.17, 15) is 0 Å². The Morgan fingerprint density at radius 1 is 1.35 bits per heavy atom. The van der Waals surface area contributed by atoms with Gasteiger partial charge in [0.25, 0.3) is 0 Å². The van der Waals surface area contributed by atoms with E-state index in [0.29, 0.717) is 22.9 Å². The van der Waals surface area contributed by atoms with Crippen molar-refractivity contribution in [3.05, 3.63) is 22.8 Å². The number of rotatable bonds is 6. The van der Waals surface area contributed by atoms with E-state index >= 15 is 0 Å². The van der Waals surface area contributed by atoms with Gasteiger partial charge in [-0.15, -0.1) is 0 Å². The SMILES string of the molecule is CC(C)CNCc1cc(OC2CCCCC2)ncc1Cl. The van der Waals surface area contributed by atoms with E-state index in [-0.39, 0.29) is 0 Å². The van der Waals surface area contributed by atoms with Crippen LogP contribution in [0.1, 0.15) is 51.5 Å². The highest BCUT2D eigenvalue weighted by atomic mass is 35.5. The fraction of sp³-hybridized carbons (Fsp3) is 0.688. The van der Waals surface area contributed by atoms with Crippen molar-refractivity contribution >= 4 is 11.6 Å². The van der Waals surface area contributed by atoms with E-state index < -0.39 is 0 Å². The largest absolute Gasteiger partial charge is 0.474 e. The van der Waals surface area contributed by atoms with Gasteiger partial charge in [-0.2, -0.15) is 0 Å². The average Bonchev–Trinajstić information content (AvgIpc) is 2.43. The van der Waals surface area contributed by atoms with Crippen molar-refractivity contribution in [2.75, 3.05) is 6.54 Å². The van der Waals surface area contributed by atoms with E-state index in [4.69, 9.17) is 16.3 Å². The van der Waals surface area contributed by atoms with Crippen LogP contribution >= 0.6 is 11.6 Å². The summed E-state index contributed by atoms with van der Waals surface area (Å²) in [7, 11) is 0. The molecule has 1 aromatic heterocycles. The Bertz CT molecular complexity index is 417. The number of nitrogens with zero attached hydrogens (tertiary/aromatic N) is 1. The van der Waals surface area contributed by atoms with Gasteiger partial charge in [-0.1, -0.05) is 31.9 Å². The van der Waals surface area contributed by atoms with Crippen molar-refractivity contribution < 1.29 is 4.74 Å². The standard InChI is InChI=1S/C16H25ClN2O/c1-12(2)9-18-10-13-8-16(19-11-15(13)17)20-14-6-4-3-5-7-14/h8,11-12,14,18H,3-7,9-10H2,1-2H3. The van der Waals surface area contributed by atoms with E-state index in [0.717, 1.165) is 31.5 Å². The zero-order valence-corrected chi connectivity index (χ0v) is 13.2. The summed E-state index contributed by atoms with van der Waals surface area (Å²) in [4.78, 5) is 4.29. The molecule has 1 fully saturated rings. The molecule has 112 valence electrons. The van der Waals surface area contributed by atoms with Crippen LogP contribution in [0.2, 0.25) is 5.02 Å². The van der Waals surface area contributed by atoms with Gasteiger partial charge in [-0.3, -0.25) is 0 Å². The van der Waals surface area contributed by atoms with Gasteiger partial charge in [0.1, 0.15) is 6.10 Å². The molecule has 0 atom stereocenters. The molecule has 0 amide bonds. The van der Waals surface area contributed by atoms with Crippen LogP contribution in [0.3, 0.4) is 0 Å². The first-order chi connectivity index (χ1) is 9.65. The number of nitrogens with one attached hydrogen (secondary N) is 1. The Balaban J connectivity index is 1.92. The molecule has 2 rings (SSSR count).